The molecule has 0 saturated heterocycles. The van der Waals surface area contributed by atoms with Crippen molar-refractivity contribution in [2.24, 2.45) is 0 Å². The summed E-state index contributed by atoms with van der Waals surface area (Å²) in [4.78, 5) is 11.8. The van der Waals surface area contributed by atoms with E-state index in [1.165, 1.54) is 0 Å². The number of alkyl carbamates (subject to hydrolysis) is 1. The molecule has 0 heterocycles. The molecule has 1 rings (SSSR count). The van der Waals surface area contributed by atoms with Crippen LogP contribution in [0.2, 0.25) is 0 Å². The number of carbonyl (C=O) groups is 1. The Labute approximate surface area is 158 Å². The van der Waals surface area contributed by atoms with Crippen LogP contribution in [0.25, 0.3) is 0 Å². The van der Waals surface area contributed by atoms with Crippen molar-refractivity contribution < 1.29 is 19.0 Å². The molecule has 0 radical (unpaired) electrons. The number of amides is 1. The van der Waals surface area contributed by atoms with Gasteiger partial charge >= 0.3 is 6.09 Å². The molecule has 0 aliphatic heterocycles. The number of methoxy groups -OCH3 is 2. The van der Waals surface area contributed by atoms with Crippen molar-refractivity contribution in [1.82, 2.24) is 10.6 Å². The number of hydrogen-bond acceptors (Lipinski definition) is 5. The predicted octanol–water partition coefficient (Wildman–Crippen LogP) is 3.86. The second kappa shape index (κ2) is 8.76. The fourth-order valence-corrected chi connectivity index (χ4v) is 2.74. The minimum atomic E-state index is -0.506. The van der Waals surface area contributed by atoms with E-state index in [4.69, 9.17) is 14.2 Å². The van der Waals surface area contributed by atoms with Gasteiger partial charge in [0.25, 0.3) is 0 Å². The Kier molecular flexibility index (Phi) is 7.56. The Morgan fingerprint density at radius 3 is 2.28 bits per heavy atom. The lowest BCUT2D eigenvalue weighted by molar-refractivity contribution is 0.0513. The number of rotatable bonds is 7. The maximum atomic E-state index is 11.8. The van der Waals surface area contributed by atoms with E-state index in [2.05, 4.69) is 26.6 Å². The molecule has 1 aromatic carbocycles. The van der Waals surface area contributed by atoms with Gasteiger partial charge in [0.05, 0.1) is 18.7 Å². The van der Waals surface area contributed by atoms with Gasteiger partial charge in [-0.1, -0.05) is 0 Å². The number of nitrogens with one attached hydrogen (secondary N) is 2. The molecule has 7 heteroatoms. The van der Waals surface area contributed by atoms with Crippen LogP contribution < -0.4 is 20.1 Å². The maximum Gasteiger partial charge on any atom is 0.407 e. The molecule has 25 heavy (non-hydrogen) atoms. The summed E-state index contributed by atoms with van der Waals surface area (Å²) in [6.07, 6.45) is -0.420. The lowest BCUT2D eigenvalue weighted by atomic mass is 10.0. The van der Waals surface area contributed by atoms with E-state index >= 15 is 0 Å². The molecule has 0 unspecified atom stereocenters. The quantitative estimate of drug-likeness (QED) is 0.705. The highest BCUT2D eigenvalue weighted by atomic mass is 79.9. The van der Waals surface area contributed by atoms with E-state index in [0.717, 1.165) is 10.0 Å². The molecule has 0 atom stereocenters. The molecule has 142 valence electrons. The average molecular weight is 417 g/mol. The summed E-state index contributed by atoms with van der Waals surface area (Å²) in [6.45, 7) is 10.6. The molecule has 1 amide bonds. The van der Waals surface area contributed by atoms with Gasteiger partial charge in [0.1, 0.15) is 5.60 Å². The molecule has 0 bridgehead atoms. The Morgan fingerprint density at radius 1 is 1.12 bits per heavy atom. The van der Waals surface area contributed by atoms with Gasteiger partial charge in [-0.15, -0.1) is 0 Å². The monoisotopic (exact) mass is 416 g/mol. The van der Waals surface area contributed by atoms with E-state index in [1.807, 2.05) is 46.8 Å². The number of ether oxygens (including phenoxy) is 3. The van der Waals surface area contributed by atoms with Crippen LogP contribution in [0.15, 0.2) is 16.6 Å². The van der Waals surface area contributed by atoms with Crippen LogP contribution in [0.5, 0.6) is 11.5 Å². The van der Waals surface area contributed by atoms with Crippen LogP contribution in [-0.2, 0) is 11.3 Å². The second-order valence-electron chi connectivity index (χ2n) is 7.41. The highest BCUT2D eigenvalue weighted by Gasteiger charge is 2.21. The summed E-state index contributed by atoms with van der Waals surface area (Å²) in [5.74, 6) is 1.33. The zero-order chi connectivity index (χ0) is 19.3. The van der Waals surface area contributed by atoms with Gasteiger partial charge < -0.3 is 24.8 Å². The first-order valence-electron chi connectivity index (χ1n) is 8.10. The Bertz CT molecular complexity index is 597. The topological polar surface area (TPSA) is 68.8 Å². The number of hydrogen-bond donors (Lipinski definition) is 2. The summed E-state index contributed by atoms with van der Waals surface area (Å²) in [7, 11) is 3.21. The van der Waals surface area contributed by atoms with Crippen molar-refractivity contribution in [3.8, 4) is 11.5 Å². The van der Waals surface area contributed by atoms with E-state index in [-0.39, 0.29) is 5.54 Å². The SMILES string of the molecule is COc1cc(CNC(C)(C)CNC(=O)OC(C)(C)C)cc(Br)c1OC. The molecule has 0 saturated carbocycles. The molecule has 1 aromatic rings. The van der Waals surface area contributed by atoms with E-state index in [1.54, 1.807) is 14.2 Å². The zero-order valence-electron chi connectivity index (χ0n) is 16.1. The maximum absolute atomic E-state index is 11.8. The molecule has 0 aromatic heterocycles. The molecule has 0 aliphatic rings. The van der Waals surface area contributed by atoms with Crippen molar-refractivity contribution in [3.05, 3.63) is 22.2 Å². The smallest absolute Gasteiger partial charge is 0.407 e. The van der Waals surface area contributed by atoms with Crippen LogP contribution >= 0.6 is 15.9 Å². The van der Waals surface area contributed by atoms with Gasteiger partial charge in [0, 0.05) is 18.6 Å². The molecular weight excluding hydrogens is 388 g/mol. The summed E-state index contributed by atoms with van der Waals surface area (Å²) in [6, 6.07) is 3.90. The third-order valence-corrected chi connectivity index (χ3v) is 3.93. The minimum absolute atomic E-state index is 0.309. The molecule has 2 N–H and O–H groups in total. The van der Waals surface area contributed by atoms with Gasteiger partial charge in [-0.3, -0.25) is 0 Å². The lowest BCUT2D eigenvalue weighted by Gasteiger charge is -2.28. The summed E-state index contributed by atoms with van der Waals surface area (Å²) in [5.41, 5.74) is 0.222. The van der Waals surface area contributed by atoms with E-state index < -0.39 is 11.7 Å². The van der Waals surface area contributed by atoms with Crippen molar-refractivity contribution in [3.63, 3.8) is 0 Å². The Morgan fingerprint density at radius 2 is 1.76 bits per heavy atom. The Hall–Kier alpha value is -1.47. The first-order chi connectivity index (χ1) is 11.5. The van der Waals surface area contributed by atoms with Gasteiger partial charge in [0.15, 0.2) is 11.5 Å². The van der Waals surface area contributed by atoms with E-state index in [0.29, 0.717) is 24.6 Å². The summed E-state index contributed by atoms with van der Waals surface area (Å²) in [5, 5.41) is 6.21. The minimum Gasteiger partial charge on any atom is -0.493 e. The Balaban J connectivity index is 2.64. The normalized spacial score (nSPS) is 11.8. The van der Waals surface area contributed by atoms with Crippen molar-refractivity contribution in [1.29, 1.82) is 0 Å². The second-order valence-corrected chi connectivity index (χ2v) is 8.26. The van der Waals surface area contributed by atoms with Crippen LogP contribution in [0.3, 0.4) is 0 Å². The van der Waals surface area contributed by atoms with Gasteiger partial charge in [-0.05, 0) is 68.2 Å². The molecule has 0 aliphatic carbocycles. The molecule has 0 spiro atoms. The van der Waals surface area contributed by atoms with Crippen LogP contribution in [-0.4, -0.2) is 38.0 Å². The summed E-state index contributed by atoms with van der Waals surface area (Å²) < 4.78 is 16.8. The first-order valence-corrected chi connectivity index (χ1v) is 8.89. The first kappa shape index (κ1) is 21.6. The average Bonchev–Trinajstić information content (AvgIpc) is 2.49. The molecule has 0 fully saturated rings. The van der Waals surface area contributed by atoms with Gasteiger partial charge in [0.2, 0.25) is 0 Å². The van der Waals surface area contributed by atoms with Crippen LogP contribution in [0.1, 0.15) is 40.2 Å². The van der Waals surface area contributed by atoms with Crippen LogP contribution in [0, 0.1) is 0 Å². The van der Waals surface area contributed by atoms with Crippen LogP contribution in [0.4, 0.5) is 4.79 Å². The predicted molar refractivity (Wildman–Crippen MR) is 102 cm³/mol. The number of carbonyl (C=O) groups excluding carboxylic acids is 1. The van der Waals surface area contributed by atoms with Crippen molar-refractivity contribution in [2.45, 2.75) is 52.3 Å². The molecule has 6 nitrogen and oxygen atoms in total. The zero-order valence-corrected chi connectivity index (χ0v) is 17.7. The number of benzene rings is 1. The number of halogens is 1. The van der Waals surface area contributed by atoms with Gasteiger partial charge in [-0.2, -0.15) is 0 Å². The van der Waals surface area contributed by atoms with Crippen molar-refractivity contribution in [2.75, 3.05) is 20.8 Å². The summed E-state index contributed by atoms with van der Waals surface area (Å²) >= 11 is 3.49. The lowest BCUT2D eigenvalue weighted by Crippen LogP contribution is -2.49. The standard InChI is InChI=1S/C18H29BrN2O4/c1-17(2,3)25-16(22)20-11-18(4,5)21-10-12-8-13(19)15(24-7)14(9-12)23-6/h8-9,21H,10-11H2,1-7H3,(H,20,22). The van der Waals surface area contributed by atoms with E-state index in [9.17, 15) is 4.79 Å². The third-order valence-electron chi connectivity index (χ3n) is 3.34. The fourth-order valence-electron chi connectivity index (χ4n) is 2.08. The van der Waals surface area contributed by atoms with Crippen molar-refractivity contribution >= 4 is 22.0 Å². The molecular formula is C18H29BrN2O4. The fraction of sp³-hybridized carbons (Fsp3) is 0.611. The van der Waals surface area contributed by atoms with Gasteiger partial charge in [-0.25, -0.2) is 4.79 Å². The largest absolute Gasteiger partial charge is 0.493 e. The third kappa shape index (κ3) is 7.52. The highest BCUT2D eigenvalue weighted by Crippen LogP contribution is 2.36. The highest BCUT2D eigenvalue weighted by molar-refractivity contribution is 9.10.